The Morgan fingerprint density at radius 2 is 1.72 bits per heavy atom. The lowest BCUT2D eigenvalue weighted by molar-refractivity contribution is -0.116. The number of carbonyl (C=O) groups excluding carboxylic acids is 1. The van der Waals surface area contributed by atoms with E-state index in [1.165, 1.54) is 17.3 Å². The number of amides is 1. The van der Waals surface area contributed by atoms with Crippen molar-refractivity contribution >= 4 is 23.4 Å². The molecule has 2 heterocycles. The van der Waals surface area contributed by atoms with E-state index in [4.69, 9.17) is 0 Å². The molecule has 0 fully saturated rings. The van der Waals surface area contributed by atoms with Gasteiger partial charge in [0, 0.05) is 12.1 Å². The standard InChI is InChI=1S/C22H25N5OS/c1-4-5-18-24-25-22-27(18)26-19(16-10-6-14(2)7-11-16)20(29-22)21(28)23-17-12-8-15(3)9-13-17/h6-13,19-20,26H,4-5H2,1-3H3,(H,23,28)/t19-,20+/m1/s1. The molecule has 1 aromatic heterocycles. The van der Waals surface area contributed by atoms with E-state index in [-0.39, 0.29) is 17.2 Å². The van der Waals surface area contributed by atoms with E-state index in [2.05, 4.69) is 59.1 Å². The van der Waals surface area contributed by atoms with E-state index in [0.717, 1.165) is 40.6 Å². The Morgan fingerprint density at radius 1 is 1.07 bits per heavy atom. The summed E-state index contributed by atoms with van der Waals surface area (Å²) in [6, 6.07) is 16.0. The summed E-state index contributed by atoms with van der Waals surface area (Å²) in [5.74, 6) is 0.840. The van der Waals surface area contributed by atoms with Gasteiger partial charge in [-0.15, -0.1) is 10.2 Å². The van der Waals surface area contributed by atoms with Crippen LogP contribution in [0, 0.1) is 13.8 Å². The molecule has 7 heteroatoms. The minimum atomic E-state index is -0.370. The lowest BCUT2D eigenvalue weighted by Crippen LogP contribution is -2.41. The molecule has 2 N–H and O–H groups in total. The minimum absolute atomic E-state index is 0.0526. The Bertz CT molecular complexity index is 997. The average Bonchev–Trinajstić information content (AvgIpc) is 3.11. The molecule has 3 aromatic rings. The fraction of sp³-hybridized carbons (Fsp3) is 0.318. The summed E-state index contributed by atoms with van der Waals surface area (Å²) >= 11 is 1.46. The summed E-state index contributed by atoms with van der Waals surface area (Å²) in [7, 11) is 0. The smallest absolute Gasteiger partial charge is 0.240 e. The molecule has 0 saturated heterocycles. The first-order valence-corrected chi connectivity index (χ1v) is 10.7. The molecule has 6 nitrogen and oxygen atoms in total. The number of rotatable bonds is 5. The van der Waals surface area contributed by atoms with E-state index in [9.17, 15) is 4.79 Å². The lowest BCUT2D eigenvalue weighted by atomic mass is 10.0. The van der Waals surface area contributed by atoms with Crippen molar-refractivity contribution in [3.05, 3.63) is 71.0 Å². The second-order valence-corrected chi connectivity index (χ2v) is 8.50. The highest BCUT2D eigenvalue weighted by atomic mass is 32.2. The van der Waals surface area contributed by atoms with Crippen molar-refractivity contribution in [3.63, 3.8) is 0 Å². The first-order valence-electron chi connectivity index (χ1n) is 9.86. The van der Waals surface area contributed by atoms with Crippen LogP contribution < -0.4 is 10.7 Å². The van der Waals surface area contributed by atoms with Crippen molar-refractivity contribution in [1.82, 2.24) is 14.9 Å². The first kappa shape index (κ1) is 19.5. The third-order valence-electron chi connectivity index (χ3n) is 4.99. The lowest BCUT2D eigenvalue weighted by Gasteiger charge is -2.33. The summed E-state index contributed by atoms with van der Waals surface area (Å²) < 4.78 is 1.94. The zero-order valence-corrected chi connectivity index (χ0v) is 17.7. The predicted molar refractivity (Wildman–Crippen MR) is 117 cm³/mol. The number of aryl methyl sites for hydroxylation is 3. The zero-order valence-electron chi connectivity index (χ0n) is 16.8. The highest BCUT2D eigenvalue weighted by Gasteiger charge is 2.37. The predicted octanol–water partition coefficient (Wildman–Crippen LogP) is 4.25. The van der Waals surface area contributed by atoms with Gasteiger partial charge in [0.15, 0.2) is 5.82 Å². The first-order chi connectivity index (χ1) is 14.0. The number of fused-ring (bicyclic) bond motifs is 1. The summed E-state index contributed by atoms with van der Waals surface area (Å²) in [6.45, 7) is 6.21. The Labute approximate surface area is 175 Å². The van der Waals surface area contributed by atoms with Gasteiger partial charge in [-0.2, -0.15) is 0 Å². The summed E-state index contributed by atoms with van der Waals surface area (Å²) in [4.78, 5) is 13.2. The molecule has 2 atom stereocenters. The molecule has 0 radical (unpaired) electrons. The summed E-state index contributed by atoms with van der Waals surface area (Å²) in [5, 5.41) is 12.0. The van der Waals surface area contributed by atoms with Crippen molar-refractivity contribution in [2.45, 2.75) is 50.1 Å². The molecule has 1 aliphatic heterocycles. The highest BCUT2D eigenvalue weighted by molar-refractivity contribution is 8.00. The van der Waals surface area contributed by atoms with Gasteiger partial charge in [0.1, 0.15) is 5.25 Å². The molecule has 0 spiro atoms. The fourth-order valence-electron chi connectivity index (χ4n) is 3.36. The van der Waals surface area contributed by atoms with Crippen LogP contribution >= 0.6 is 11.8 Å². The van der Waals surface area contributed by atoms with Crippen LogP contribution in [0.3, 0.4) is 0 Å². The van der Waals surface area contributed by atoms with Crippen LogP contribution in [0.15, 0.2) is 53.7 Å². The van der Waals surface area contributed by atoms with Crippen molar-refractivity contribution in [2.75, 3.05) is 10.7 Å². The van der Waals surface area contributed by atoms with Crippen LogP contribution in [0.4, 0.5) is 5.69 Å². The van der Waals surface area contributed by atoms with Crippen LogP contribution in [-0.4, -0.2) is 26.0 Å². The summed E-state index contributed by atoms with van der Waals surface area (Å²) in [5.41, 5.74) is 7.71. The maximum absolute atomic E-state index is 13.2. The van der Waals surface area contributed by atoms with E-state index < -0.39 is 0 Å². The Kier molecular flexibility index (Phi) is 5.58. The molecule has 2 aromatic carbocycles. The molecule has 0 unspecified atom stereocenters. The number of benzene rings is 2. The Morgan fingerprint density at radius 3 is 2.38 bits per heavy atom. The van der Waals surface area contributed by atoms with Gasteiger partial charge in [0.25, 0.3) is 0 Å². The maximum Gasteiger partial charge on any atom is 0.240 e. The number of nitrogens with one attached hydrogen (secondary N) is 2. The van der Waals surface area contributed by atoms with E-state index >= 15 is 0 Å². The second kappa shape index (κ2) is 8.29. The molecule has 4 rings (SSSR count). The molecule has 1 aliphatic rings. The zero-order chi connectivity index (χ0) is 20.4. The topological polar surface area (TPSA) is 71.8 Å². The third kappa shape index (κ3) is 4.15. The van der Waals surface area contributed by atoms with Crippen LogP contribution in [0.2, 0.25) is 0 Å². The minimum Gasteiger partial charge on any atom is -0.325 e. The van der Waals surface area contributed by atoms with Crippen LogP contribution in [-0.2, 0) is 11.2 Å². The van der Waals surface area contributed by atoms with Gasteiger partial charge >= 0.3 is 0 Å². The van der Waals surface area contributed by atoms with Crippen molar-refractivity contribution in [3.8, 4) is 0 Å². The normalized spacial score (nSPS) is 18.0. The second-order valence-electron chi connectivity index (χ2n) is 7.40. The third-order valence-corrected chi connectivity index (χ3v) is 6.21. The number of carbonyl (C=O) groups is 1. The molecule has 0 bridgehead atoms. The molecular weight excluding hydrogens is 382 g/mol. The van der Waals surface area contributed by atoms with Gasteiger partial charge < -0.3 is 10.7 Å². The van der Waals surface area contributed by atoms with Gasteiger partial charge in [0.05, 0.1) is 6.04 Å². The quantitative estimate of drug-likeness (QED) is 0.662. The molecular formula is C22H25N5OS. The monoisotopic (exact) mass is 407 g/mol. The van der Waals surface area contributed by atoms with Gasteiger partial charge in [-0.1, -0.05) is 66.2 Å². The van der Waals surface area contributed by atoms with E-state index in [0.29, 0.717) is 0 Å². The molecule has 29 heavy (non-hydrogen) atoms. The van der Waals surface area contributed by atoms with Gasteiger partial charge in [-0.3, -0.25) is 4.79 Å². The number of hydrogen-bond acceptors (Lipinski definition) is 5. The average molecular weight is 408 g/mol. The number of thioether (sulfide) groups is 1. The number of nitrogens with zero attached hydrogens (tertiary/aromatic N) is 3. The van der Waals surface area contributed by atoms with Crippen LogP contribution in [0.25, 0.3) is 0 Å². The molecule has 1 amide bonds. The number of aromatic nitrogens is 3. The largest absolute Gasteiger partial charge is 0.325 e. The van der Waals surface area contributed by atoms with E-state index in [1.54, 1.807) is 0 Å². The van der Waals surface area contributed by atoms with E-state index in [1.807, 2.05) is 35.9 Å². The summed E-state index contributed by atoms with van der Waals surface area (Å²) in [6.07, 6.45) is 1.82. The Hall–Kier alpha value is -2.80. The SMILES string of the molecule is CCCc1nnc2n1N[C@H](c1ccc(C)cc1)[C@@H](C(=O)Nc1ccc(C)cc1)S2. The van der Waals surface area contributed by atoms with Crippen LogP contribution in [0.1, 0.15) is 41.9 Å². The molecule has 0 saturated carbocycles. The number of hydrogen-bond donors (Lipinski definition) is 2. The number of anilines is 1. The maximum atomic E-state index is 13.2. The molecule has 150 valence electrons. The van der Waals surface area contributed by atoms with Crippen molar-refractivity contribution in [1.29, 1.82) is 0 Å². The Balaban J connectivity index is 1.65. The van der Waals surface area contributed by atoms with Crippen LogP contribution in [0.5, 0.6) is 0 Å². The van der Waals surface area contributed by atoms with Gasteiger partial charge in [0.2, 0.25) is 11.1 Å². The van der Waals surface area contributed by atoms with Crippen molar-refractivity contribution < 1.29 is 4.79 Å². The van der Waals surface area contributed by atoms with Gasteiger partial charge in [-0.05, 0) is 38.0 Å². The highest BCUT2D eigenvalue weighted by Crippen LogP contribution is 2.37. The van der Waals surface area contributed by atoms with Crippen molar-refractivity contribution in [2.24, 2.45) is 0 Å². The molecule has 0 aliphatic carbocycles. The van der Waals surface area contributed by atoms with Gasteiger partial charge in [-0.25, -0.2) is 4.68 Å². The fourth-order valence-corrected chi connectivity index (χ4v) is 4.46.